The van der Waals surface area contributed by atoms with Gasteiger partial charge in [-0.2, -0.15) is 0 Å². The molecule has 4 aromatic rings. The number of benzene rings is 2. The molecule has 0 aliphatic carbocycles. The van der Waals surface area contributed by atoms with Gasteiger partial charge in [-0.1, -0.05) is 0 Å². The summed E-state index contributed by atoms with van der Waals surface area (Å²) in [6, 6.07) is 7.01. The Kier molecular flexibility index (Phi) is 6.02. The van der Waals surface area contributed by atoms with E-state index in [1.165, 1.54) is 19.2 Å². The second kappa shape index (κ2) is 8.93. The van der Waals surface area contributed by atoms with Crippen LogP contribution in [-0.4, -0.2) is 40.2 Å². The highest BCUT2D eigenvalue weighted by Crippen LogP contribution is 2.31. The number of carboxylic acids is 1. The third kappa shape index (κ3) is 4.32. The lowest BCUT2D eigenvalue weighted by atomic mass is 10.0. The van der Waals surface area contributed by atoms with Crippen molar-refractivity contribution >= 4 is 33.7 Å². The molecule has 34 heavy (non-hydrogen) atoms. The number of carbonyl (C=O) groups excluding carboxylic acids is 1. The fourth-order valence-corrected chi connectivity index (χ4v) is 4.16. The molecule has 2 aromatic heterocycles. The summed E-state index contributed by atoms with van der Waals surface area (Å²) in [4.78, 5) is 40.3. The Bertz CT molecular complexity index is 1480. The van der Waals surface area contributed by atoms with Crippen LogP contribution in [0.2, 0.25) is 0 Å². The Hall–Kier alpha value is -4.27. The lowest BCUT2D eigenvalue weighted by Gasteiger charge is -2.15. The van der Waals surface area contributed by atoms with E-state index < -0.39 is 23.5 Å². The molecule has 0 bridgehead atoms. The first-order valence-corrected chi connectivity index (χ1v) is 10.6. The number of rotatable bonds is 7. The van der Waals surface area contributed by atoms with Gasteiger partial charge < -0.3 is 29.7 Å². The van der Waals surface area contributed by atoms with Crippen molar-refractivity contribution in [3.05, 3.63) is 69.2 Å². The van der Waals surface area contributed by atoms with Crippen molar-refractivity contribution in [2.75, 3.05) is 7.11 Å². The molecule has 2 aromatic carbocycles. The van der Waals surface area contributed by atoms with Crippen LogP contribution in [0.25, 0.3) is 21.9 Å². The summed E-state index contributed by atoms with van der Waals surface area (Å²) in [7, 11) is 1.51. The van der Waals surface area contributed by atoms with E-state index in [-0.39, 0.29) is 24.2 Å². The summed E-state index contributed by atoms with van der Waals surface area (Å²) in [5.41, 5.74) is 2.58. The van der Waals surface area contributed by atoms with Crippen LogP contribution < -0.4 is 15.7 Å². The topological polar surface area (TPSA) is 142 Å². The van der Waals surface area contributed by atoms with Gasteiger partial charge in [0.05, 0.1) is 24.5 Å². The average Bonchev–Trinajstić information content (AvgIpc) is 3.17. The summed E-state index contributed by atoms with van der Waals surface area (Å²) in [5, 5.41) is 23.2. The van der Waals surface area contributed by atoms with Crippen LogP contribution in [0.4, 0.5) is 0 Å². The maximum Gasteiger partial charge on any atom is 0.340 e. The predicted octanol–water partition coefficient (Wildman–Crippen LogP) is 2.96. The summed E-state index contributed by atoms with van der Waals surface area (Å²) in [5.74, 6) is -1.28. The Morgan fingerprint density at radius 3 is 2.68 bits per heavy atom. The number of aliphatic carboxylic acids is 1. The minimum Gasteiger partial charge on any atom is -0.508 e. The van der Waals surface area contributed by atoms with Crippen molar-refractivity contribution in [3.8, 4) is 11.5 Å². The zero-order valence-corrected chi connectivity index (χ0v) is 18.9. The van der Waals surface area contributed by atoms with Gasteiger partial charge in [0.25, 0.3) is 0 Å². The molecule has 1 atom stereocenters. The van der Waals surface area contributed by atoms with E-state index in [4.69, 9.17) is 9.15 Å². The van der Waals surface area contributed by atoms with Crippen LogP contribution in [-0.2, 0) is 22.4 Å². The Morgan fingerprint density at radius 2 is 1.97 bits per heavy atom. The standard InChI is InChI=1S/C25H24N2O7/c1-12-6-20(33-3)23-13(2)16(25(32)34-21(23)7-12)10-22(29)27-19(24(30)31)8-14-11-26-18-5-4-15(28)9-17(14)18/h4-7,9,11,19,26,28H,8,10H2,1-3H3,(H,27,29)(H,30,31)/t19-/m0/s1. The number of hydrogen-bond acceptors (Lipinski definition) is 6. The fourth-order valence-electron chi connectivity index (χ4n) is 4.16. The number of amides is 1. The molecule has 0 spiro atoms. The number of phenols is 1. The normalized spacial score (nSPS) is 12.1. The van der Waals surface area contributed by atoms with Gasteiger partial charge >= 0.3 is 11.6 Å². The van der Waals surface area contributed by atoms with Crippen LogP contribution >= 0.6 is 0 Å². The number of fused-ring (bicyclic) bond motifs is 2. The van der Waals surface area contributed by atoms with Crippen molar-refractivity contribution in [3.63, 3.8) is 0 Å². The lowest BCUT2D eigenvalue weighted by molar-refractivity contribution is -0.141. The number of aryl methyl sites for hydroxylation is 2. The first-order chi connectivity index (χ1) is 16.2. The highest BCUT2D eigenvalue weighted by Gasteiger charge is 2.24. The Morgan fingerprint density at radius 1 is 1.21 bits per heavy atom. The number of aromatic hydroxyl groups is 1. The van der Waals surface area contributed by atoms with E-state index in [9.17, 15) is 24.6 Å². The average molecular weight is 464 g/mol. The first-order valence-electron chi connectivity index (χ1n) is 10.6. The third-order valence-electron chi connectivity index (χ3n) is 5.85. The smallest absolute Gasteiger partial charge is 0.340 e. The molecule has 1 amide bonds. The second-order valence-electron chi connectivity index (χ2n) is 8.22. The highest BCUT2D eigenvalue weighted by atomic mass is 16.5. The molecule has 0 fully saturated rings. The van der Waals surface area contributed by atoms with Gasteiger partial charge in [0.1, 0.15) is 23.1 Å². The molecule has 0 aliphatic rings. The molecule has 2 heterocycles. The molecule has 4 N–H and O–H groups in total. The number of phenolic OH excluding ortho intramolecular Hbond substituents is 1. The van der Waals surface area contributed by atoms with E-state index in [0.717, 1.165) is 11.1 Å². The second-order valence-corrected chi connectivity index (χ2v) is 8.22. The summed E-state index contributed by atoms with van der Waals surface area (Å²) in [6.45, 7) is 3.55. The zero-order chi connectivity index (χ0) is 24.6. The molecule has 9 nitrogen and oxygen atoms in total. The number of hydrogen-bond donors (Lipinski definition) is 4. The summed E-state index contributed by atoms with van der Waals surface area (Å²) in [6.07, 6.45) is 1.28. The lowest BCUT2D eigenvalue weighted by Crippen LogP contribution is -2.43. The first kappa shape index (κ1) is 22.9. The van der Waals surface area contributed by atoms with Gasteiger partial charge in [-0.15, -0.1) is 0 Å². The molecule has 4 rings (SSSR count). The van der Waals surface area contributed by atoms with Crippen LogP contribution in [0, 0.1) is 13.8 Å². The molecule has 0 saturated carbocycles. The number of carboxylic acid groups (broad SMARTS) is 1. The van der Waals surface area contributed by atoms with Crippen molar-refractivity contribution in [2.24, 2.45) is 0 Å². The number of H-pyrrole nitrogens is 1. The maximum atomic E-state index is 12.8. The molecule has 0 aliphatic heterocycles. The van der Waals surface area contributed by atoms with Gasteiger partial charge in [-0.05, 0) is 60.9 Å². The predicted molar refractivity (Wildman–Crippen MR) is 125 cm³/mol. The van der Waals surface area contributed by atoms with Gasteiger partial charge in [0.2, 0.25) is 5.91 Å². The van der Waals surface area contributed by atoms with Gasteiger partial charge in [-0.3, -0.25) is 4.79 Å². The monoisotopic (exact) mass is 464 g/mol. The number of aromatic amines is 1. The number of aromatic nitrogens is 1. The van der Waals surface area contributed by atoms with Crippen molar-refractivity contribution in [1.29, 1.82) is 0 Å². The third-order valence-corrected chi connectivity index (χ3v) is 5.85. The number of nitrogens with one attached hydrogen (secondary N) is 2. The van der Waals surface area contributed by atoms with Crippen LogP contribution in [0.5, 0.6) is 11.5 Å². The van der Waals surface area contributed by atoms with Crippen molar-refractivity contribution < 1.29 is 29.0 Å². The van der Waals surface area contributed by atoms with E-state index in [2.05, 4.69) is 10.3 Å². The van der Waals surface area contributed by atoms with Crippen LogP contribution in [0.3, 0.4) is 0 Å². The minimum absolute atomic E-state index is 0.0110. The van der Waals surface area contributed by atoms with Crippen LogP contribution in [0.1, 0.15) is 22.3 Å². The zero-order valence-electron chi connectivity index (χ0n) is 18.9. The SMILES string of the molecule is COc1cc(C)cc2oc(=O)c(CC(=O)N[C@@H](Cc3c[nH]c4ccc(O)cc34)C(=O)O)c(C)c12. The molecule has 9 heteroatoms. The van der Waals surface area contributed by atoms with E-state index >= 15 is 0 Å². The fraction of sp³-hybridized carbons (Fsp3) is 0.240. The van der Waals surface area contributed by atoms with E-state index in [1.54, 1.807) is 31.3 Å². The van der Waals surface area contributed by atoms with E-state index in [0.29, 0.717) is 33.2 Å². The summed E-state index contributed by atoms with van der Waals surface area (Å²) < 4.78 is 10.9. The van der Waals surface area contributed by atoms with Gasteiger partial charge in [0.15, 0.2) is 0 Å². The van der Waals surface area contributed by atoms with E-state index in [1.807, 2.05) is 6.92 Å². The Balaban J connectivity index is 1.60. The maximum absolute atomic E-state index is 12.8. The van der Waals surface area contributed by atoms with Gasteiger partial charge in [-0.25, -0.2) is 9.59 Å². The quantitative estimate of drug-likeness (QED) is 0.308. The largest absolute Gasteiger partial charge is 0.508 e. The highest BCUT2D eigenvalue weighted by molar-refractivity contribution is 5.91. The summed E-state index contributed by atoms with van der Waals surface area (Å²) >= 11 is 0. The molecule has 0 radical (unpaired) electrons. The Labute approximate surface area is 194 Å². The molecular weight excluding hydrogens is 440 g/mol. The molecule has 0 unspecified atom stereocenters. The minimum atomic E-state index is -1.24. The van der Waals surface area contributed by atoms with Crippen molar-refractivity contribution in [2.45, 2.75) is 32.7 Å². The molecule has 0 saturated heterocycles. The van der Waals surface area contributed by atoms with Crippen molar-refractivity contribution in [1.82, 2.24) is 10.3 Å². The number of carbonyl (C=O) groups is 2. The number of methoxy groups -OCH3 is 1. The van der Waals surface area contributed by atoms with Gasteiger partial charge in [0, 0.05) is 23.5 Å². The number of ether oxygens (including phenoxy) is 1. The molecule has 176 valence electrons. The van der Waals surface area contributed by atoms with Crippen LogP contribution in [0.15, 0.2) is 45.7 Å². The molecular formula is C25H24N2O7.